The molecule has 2 amide bonds. The van der Waals surface area contributed by atoms with Crippen molar-refractivity contribution in [3.63, 3.8) is 0 Å². The molecule has 0 radical (unpaired) electrons. The number of hydrogen-bond donors (Lipinski definition) is 9. The number of amides is 2. The third kappa shape index (κ3) is 6.70. The van der Waals surface area contributed by atoms with Crippen LogP contribution in [-0.4, -0.2) is 78.3 Å². The summed E-state index contributed by atoms with van der Waals surface area (Å²) in [5.74, 6) is -6.82. The van der Waals surface area contributed by atoms with E-state index in [4.69, 9.17) is 5.11 Å². The van der Waals surface area contributed by atoms with Crippen molar-refractivity contribution in [3.05, 3.63) is 88.2 Å². The summed E-state index contributed by atoms with van der Waals surface area (Å²) in [4.78, 5) is 109. The van der Waals surface area contributed by atoms with Crippen LogP contribution >= 0.6 is 12.6 Å². The second-order valence-electron chi connectivity index (χ2n) is 9.68. The van der Waals surface area contributed by atoms with E-state index in [-0.39, 0.29) is 39.6 Å². The number of hydrogen-bond acceptors (Lipinski definition) is 11. The molecule has 0 aliphatic carbocycles. The van der Waals surface area contributed by atoms with Gasteiger partial charge >= 0.3 is 23.3 Å². The number of anilines is 2. The van der Waals surface area contributed by atoms with Crippen LogP contribution in [0.4, 0.5) is 11.6 Å². The van der Waals surface area contributed by atoms with Gasteiger partial charge in [0.25, 0.3) is 11.1 Å². The van der Waals surface area contributed by atoms with Crippen molar-refractivity contribution in [1.29, 1.82) is 5.26 Å². The van der Waals surface area contributed by atoms with Crippen molar-refractivity contribution in [3.8, 4) is 6.07 Å². The summed E-state index contributed by atoms with van der Waals surface area (Å²) in [5.41, 5.74) is -4.00. The fourth-order valence-corrected chi connectivity index (χ4v) is 5.17. The topological polar surface area (TPSA) is 291 Å². The monoisotopic (exact) mass is 640 g/mol. The SMILES string of the molecule is N#Cc1ccc(C2c3c([nH]c(=O)[nH]c3=O)N(C(CCC(=O)N[C@@H](CS)C(=O)NCC(=O)O)C(=O)O)c3[nH]c(=O)[nH]c(=O)c32)cc1. The number of nitrogens with zero attached hydrogens (tertiary/aromatic N) is 2. The fraction of sp³-hybridized carbons (Fsp3) is 0.269. The minimum absolute atomic E-state index is 0.225. The molecule has 19 heteroatoms. The Labute approximate surface area is 255 Å². The van der Waals surface area contributed by atoms with Gasteiger partial charge in [0.2, 0.25) is 11.8 Å². The first kappa shape index (κ1) is 32.0. The third-order valence-corrected chi connectivity index (χ3v) is 7.20. The van der Waals surface area contributed by atoms with Crippen molar-refractivity contribution < 1.29 is 29.4 Å². The quantitative estimate of drug-likeness (QED) is 0.101. The number of carboxylic acid groups (broad SMARTS) is 2. The Balaban J connectivity index is 1.79. The van der Waals surface area contributed by atoms with Gasteiger partial charge in [0.1, 0.15) is 30.3 Å². The van der Waals surface area contributed by atoms with E-state index in [9.17, 15) is 48.7 Å². The summed E-state index contributed by atoms with van der Waals surface area (Å²) < 4.78 is 0. The van der Waals surface area contributed by atoms with Gasteiger partial charge in [-0.1, -0.05) is 12.1 Å². The van der Waals surface area contributed by atoms with Crippen LogP contribution in [0, 0.1) is 11.3 Å². The zero-order valence-electron chi connectivity index (χ0n) is 22.9. The molecule has 2 aromatic heterocycles. The van der Waals surface area contributed by atoms with Crippen LogP contribution in [0.25, 0.3) is 0 Å². The lowest BCUT2D eigenvalue weighted by atomic mass is 9.83. The van der Waals surface area contributed by atoms with Crippen LogP contribution < -0.4 is 38.0 Å². The van der Waals surface area contributed by atoms with Gasteiger partial charge in [-0.2, -0.15) is 17.9 Å². The van der Waals surface area contributed by atoms with Crippen molar-refractivity contribution >= 4 is 48.0 Å². The molecule has 0 saturated heterocycles. The number of aromatic nitrogens is 4. The molecule has 3 aromatic rings. The molecule has 18 nitrogen and oxygen atoms in total. The average Bonchev–Trinajstić information content (AvgIpc) is 2.98. The second-order valence-corrected chi connectivity index (χ2v) is 10.0. The summed E-state index contributed by atoms with van der Waals surface area (Å²) in [6.45, 7) is -0.716. The van der Waals surface area contributed by atoms with E-state index in [1.807, 2.05) is 6.07 Å². The molecule has 1 aliphatic rings. The predicted octanol–water partition coefficient (Wildman–Crippen LogP) is -2.21. The van der Waals surface area contributed by atoms with Crippen LogP contribution in [0.1, 0.15) is 41.0 Å². The molecule has 4 rings (SSSR count). The van der Waals surface area contributed by atoms with Gasteiger partial charge in [0.05, 0.1) is 28.7 Å². The zero-order chi connectivity index (χ0) is 33.0. The molecular weight excluding hydrogens is 616 g/mol. The Morgan fingerprint density at radius 1 is 0.933 bits per heavy atom. The number of aromatic amines is 4. The summed E-state index contributed by atoms with van der Waals surface area (Å²) in [7, 11) is 0. The first-order valence-electron chi connectivity index (χ1n) is 13.0. The first-order chi connectivity index (χ1) is 21.4. The van der Waals surface area contributed by atoms with E-state index >= 15 is 0 Å². The van der Waals surface area contributed by atoms with E-state index in [1.165, 1.54) is 24.3 Å². The lowest BCUT2D eigenvalue weighted by Gasteiger charge is -2.38. The standard InChI is InChI=1S/C26H24N8O10S/c27-7-10-1-3-11(4-2-10)16-17-19(30-25(43)32-22(17)39)34(20-18(16)23(40)33-26(44)31-20)13(24(41)42)5-6-14(35)29-12(9-45)21(38)28-8-15(36)37/h1-4,12-13,16,45H,5-6,8-9H2,(H,28,38)(H,29,35)(H,36,37)(H,41,42)(H2,30,32,39,43)(H2,31,33,40,44)/t12-,13?/m0/s1. The highest BCUT2D eigenvalue weighted by Gasteiger charge is 2.42. The summed E-state index contributed by atoms with van der Waals surface area (Å²) >= 11 is 3.98. The largest absolute Gasteiger partial charge is 0.480 e. The van der Waals surface area contributed by atoms with Crippen LogP contribution in [0.2, 0.25) is 0 Å². The molecule has 45 heavy (non-hydrogen) atoms. The number of rotatable bonds is 11. The molecule has 0 fully saturated rings. The van der Waals surface area contributed by atoms with E-state index in [0.29, 0.717) is 0 Å². The Kier molecular flexibility index (Phi) is 9.37. The van der Waals surface area contributed by atoms with Gasteiger partial charge in [0.15, 0.2) is 0 Å². The van der Waals surface area contributed by atoms with Crippen molar-refractivity contribution in [1.82, 2.24) is 30.6 Å². The second kappa shape index (κ2) is 13.2. The number of nitriles is 1. The molecule has 0 spiro atoms. The number of carboxylic acids is 2. The summed E-state index contributed by atoms with van der Waals surface area (Å²) in [5, 5.41) is 32.6. The Hall–Kier alpha value is -5.90. The molecule has 1 aromatic carbocycles. The Morgan fingerprint density at radius 2 is 1.49 bits per heavy atom. The van der Waals surface area contributed by atoms with Crippen LogP contribution in [0.5, 0.6) is 0 Å². The average molecular weight is 641 g/mol. The van der Waals surface area contributed by atoms with Gasteiger partial charge in [-0.25, -0.2) is 14.4 Å². The first-order valence-corrected chi connectivity index (χ1v) is 13.6. The number of H-pyrrole nitrogens is 4. The molecule has 1 aliphatic heterocycles. The van der Waals surface area contributed by atoms with Gasteiger partial charge in [-0.05, 0) is 24.1 Å². The summed E-state index contributed by atoms with van der Waals surface area (Å²) in [6.07, 6.45) is -1.10. The van der Waals surface area contributed by atoms with Gasteiger partial charge in [0, 0.05) is 12.2 Å². The number of nitrogens with one attached hydrogen (secondary N) is 6. The van der Waals surface area contributed by atoms with Crippen molar-refractivity contribution in [2.75, 3.05) is 17.2 Å². The molecule has 2 atom stereocenters. The van der Waals surface area contributed by atoms with Crippen LogP contribution in [0.15, 0.2) is 43.4 Å². The maximum atomic E-state index is 13.3. The summed E-state index contributed by atoms with van der Waals surface area (Å²) in [6, 6.07) is 4.62. The molecule has 234 valence electrons. The van der Waals surface area contributed by atoms with Gasteiger partial charge < -0.3 is 20.8 Å². The highest BCUT2D eigenvalue weighted by atomic mass is 32.1. The van der Waals surface area contributed by atoms with Gasteiger partial charge in [-0.15, -0.1) is 0 Å². The maximum Gasteiger partial charge on any atom is 0.327 e. The molecule has 0 saturated carbocycles. The van der Waals surface area contributed by atoms with Crippen molar-refractivity contribution in [2.24, 2.45) is 0 Å². The number of carbonyl (C=O) groups is 4. The minimum Gasteiger partial charge on any atom is -0.480 e. The highest BCUT2D eigenvalue weighted by Crippen LogP contribution is 2.44. The predicted molar refractivity (Wildman–Crippen MR) is 157 cm³/mol. The van der Waals surface area contributed by atoms with Crippen molar-refractivity contribution in [2.45, 2.75) is 30.8 Å². The number of aliphatic carboxylic acids is 2. The zero-order valence-corrected chi connectivity index (χ0v) is 23.8. The Bertz CT molecular complexity index is 1880. The molecule has 8 N–H and O–H groups in total. The number of carbonyl (C=O) groups excluding carboxylic acids is 2. The smallest absolute Gasteiger partial charge is 0.327 e. The van der Waals surface area contributed by atoms with E-state index in [1.54, 1.807) is 0 Å². The highest BCUT2D eigenvalue weighted by molar-refractivity contribution is 7.80. The molecule has 0 bridgehead atoms. The molecule has 3 heterocycles. The lowest BCUT2D eigenvalue weighted by molar-refractivity contribution is -0.139. The minimum atomic E-state index is -1.78. The number of fused-ring (bicyclic) bond motifs is 2. The van der Waals surface area contributed by atoms with E-state index in [0.717, 1.165) is 4.90 Å². The van der Waals surface area contributed by atoms with Crippen LogP contribution in [-0.2, 0) is 19.2 Å². The molecule has 1 unspecified atom stereocenters. The van der Waals surface area contributed by atoms with E-state index < -0.39 is 83.6 Å². The van der Waals surface area contributed by atoms with E-state index in [2.05, 4.69) is 43.2 Å². The Morgan fingerprint density at radius 3 is 1.96 bits per heavy atom. The molecular formula is C26H24N8O10S. The number of thiol groups is 1. The normalized spacial score (nSPS) is 13.5. The number of benzene rings is 1. The van der Waals surface area contributed by atoms with Crippen LogP contribution in [0.3, 0.4) is 0 Å². The fourth-order valence-electron chi connectivity index (χ4n) is 4.91. The lowest BCUT2D eigenvalue weighted by Crippen LogP contribution is -2.50. The maximum absolute atomic E-state index is 13.3. The van der Waals surface area contributed by atoms with Gasteiger partial charge in [-0.3, -0.25) is 48.8 Å². The third-order valence-electron chi connectivity index (χ3n) is 6.84.